The van der Waals surface area contributed by atoms with Crippen LogP contribution in [0.2, 0.25) is 5.02 Å². The summed E-state index contributed by atoms with van der Waals surface area (Å²) in [5.41, 5.74) is 9.41. The van der Waals surface area contributed by atoms with Crippen molar-refractivity contribution in [1.29, 1.82) is 0 Å². The predicted molar refractivity (Wildman–Crippen MR) is 62.5 cm³/mol. The summed E-state index contributed by atoms with van der Waals surface area (Å²) in [6.07, 6.45) is 2.04. The van der Waals surface area contributed by atoms with Gasteiger partial charge in [0.2, 0.25) is 0 Å². The third-order valence-electron chi connectivity index (χ3n) is 2.18. The Morgan fingerprint density at radius 2 is 2.07 bits per heavy atom. The Morgan fingerprint density at radius 1 is 1.43 bits per heavy atom. The average Bonchev–Trinajstić information content (AvgIpc) is 2.08. The summed E-state index contributed by atoms with van der Waals surface area (Å²) in [4.78, 5) is 0. The second-order valence-corrected chi connectivity index (χ2v) is 4.13. The van der Waals surface area contributed by atoms with Crippen LogP contribution in [0, 0.1) is 6.92 Å². The van der Waals surface area contributed by atoms with E-state index in [0.29, 0.717) is 0 Å². The monoisotopic (exact) mass is 209 g/mol. The number of hydrogen-bond donors (Lipinski definition) is 1. The quantitative estimate of drug-likeness (QED) is 0.740. The Labute approximate surface area is 90.6 Å². The van der Waals surface area contributed by atoms with Crippen molar-refractivity contribution >= 4 is 11.6 Å². The number of benzene rings is 1. The molecule has 2 N–H and O–H groups in total. The highest BCUT2D eigenvalue weighted by Crippen LogP contribution is 2.24. The maximum Gasteiger partial charge on any atom is 0.0486 e. The van der Waals surface area contributed by atoms with Crippen LogP contribution in [0.5, 0.6) is 0 Å². The van der Waals surface area contributed by atoms with Gasteiger partial charge in [-0.25, -0.2) is 0 Å². The van der Waals surface area contributed by atoms with E-state index in [1.807, 2.05) is 45.0 Å². The second-order valence-electron chi connectivity index (χ2n) is 3.72. The second kappa shape index (κ2) is 4.63. The number of rotatable bonds is 2. The Balaban J connectivity index is 3.07. The molecule has 0 aliphatic carbocycles. The molecular weight excluding hydrogens is 194 g/mol. The summed E-state index contributed by atoms with van der Waals surface area (Å²) >= 11 is 6.02. The normalized spacial score (nSPS) is 12.4. The minimum Gasteiger partial charge on any atom is -0.321 e. The van der Waals surface area contributed by atoms with Gasteiger partial charge in [0.25, 0.3) is 0 Å². The van der Waals surface area contributed by atoms with Gasteiger partial charge in [-0.2, -0.15) is 0 Å². The average molecular weight is 210 g/mol. The molecule has 76 valence electrons. The minimum atomic E-state index is -0.0568. The zero-order valence-electron chi connectivity index (χ0n) is 8.84. The molecule has 0 amide bonds. The first kappa shape index (κ1) is 11.3. The van der Waals surface area contributed by atoms with Crippen molar-refractivity contribution < 1.29 is 0 Å². The molecule has 0 aliphatic rings. The minimum absolute atomic E-state index is 0.0568. The first-order valence-electron chi connectivity index (χ1n) is 4.68. The Morgan fingerprint density at radius 3 is 2.64 bits per heavy atom. The molecule has 0 aliphatic heterocycles. The number of nitrogens with two attached hydrogens (primary N) is 1. The summed E-state index contributed by atoms with van der Waals surface area (Å²) < 4.78 is 0. The summed E-state index contributed by atoms with van der Waals surface area (Å²) in [6, 6.07) is 5.78. The maximum absolute atomic E-state index is 6.03. The van der Waals surface area contributed by atoms with E-state index >= 15 is 0 Å². The van der Waals surface area contributed by atoms with Gasteiger partial charge in [-0.1, -0.05) is 35.4 Å². The molecule has 1 rings (SSSR count). The van der Waals surface area contributed by atoms with Crippen LogP contribution in [-0.4, -0.2) is 0 Å². The largest absolute Gasteiger partial charge is 0.321 e. The molecule has 0 saturated heterocycles. The molecule has 0 saturated carbocycles. The lowest BCUT2D eigenvalue weighted by atomic mass is 10.0. The van der Waals surface area contributed by atoms with E-state index < -0.39 is 0 Å². The molecule has 14 heavy (non-hydrogen) atoms. The van der Waals surface area contributed by atoms with Crippen LogP contribution in [0.25, 0.3) is 0 Å². The molecule has 2 heteroatoms. The number of allylic oxidation sites excluding steroid dienone is 1. The van der Waals surface area contributed by atoms with Crippen LogP contribution in [0.15, 0.2) is 29.8 Å². The highest BCUT2D eigenvalue weighted by Gasteiger charge is 2.07. The standard InChI is InChI=1S/C12H16ClN/c1-8(2)7-12(14)10-5-4-6-11(13)9(10)3/h4-7,12H,14H2,1-3H3. The van der Waals surface area contributed by atoms with Crippen LogP contribution in [-0.2, 0) is 0 Å². The van der Waals surface area contributed by atoms with Gasteiger partial charge in [0.15, 0.2) is 0 Å². The molecule has 0 fully saturated rings. The molecule has 1 nitrogen and oxygen atoms in total. The zero-order chi connectivity index (χ0) is 10.7. The molecule has 0 spiro atoms. The van der Waals surface area contributed by atoms with Gasteiger partial charge in [0, 0.05) is 11.1 Å². The van der Waals surface area contributed by atoms with E-state index in [1.54, 1.807) is 0 Å². The lowest BCUT2D eigenvalue weighted by Gasteiger charge is -2.12. The summed E-state index contributed by atoms with van der Waals surface area (Å²) in [7, 11) is 0. The highest BCUT2D eigenvalue weighted by molar-refractivity contribution is 6.31. The van der Waals surface area contributed by atoms with E-state index in [-0.39, 0.29) is 6.04 Å². The van der Waals surface area contributed by atoms with Crippen molar-refractivity contribution in [1.82, 2.24) is 0 Å². The fourth-order valence-corrected chi connectivity index (χ4v) is 1.62. The van der Waals surface area contributed by atoms with Gasteiger partial charge in [-0.15, -0.1) is 0 Å². The molecule has 0 radical (unpaired) electrons. The molecule has 1 aromatic carbocycles. The van der Waals surface area contributed by atoms with Crippen LogP contribution in [0.4, 0.5) is 0 Å². The molecular formula is C12H16ClN. The summed E-state index contributed by atoms with van der Waals surface area (Å²) in [5, 5.41) is 0.778. The van der Waals surface area contributed by atoms with Gasteiger partial charge in [-0.3, -0.25) is 0 Å². The van der Waals surface area contributed by atoms with Crippen molar-refractivity contribution in [2.75, 3.05) is 0 Å². The Kier molecular flexibility index (Phi) is 3.73. The Hall–Kier alpha value is -0.790. The van der Waals surface area contributed by atoms with E-state index in [0.717, 1.165) is 16.1 Å². The first-order valence-corrected chi connectivity index (χ1v) is 5.05. The molecule has 1 aromatic rings. The van der Waals surface area contributed by atoms with Crippen molar-refractivity contribution in [3.8, 4) is 0 Å². The lowest BCUT2D eigenvalue weighted by molar-refractivity contribution is 0.888. The number of hydrogen-bond acceptors (Lipinski definition) is 1. The maximum atomic E-state index is 6.03. The van der Waals surface area contributed by atoms with E-state index in [9.17, 15) is 0 Å². The van der Waals surface area contributed by atoms with E-state index in [2.05, 4.69) is 0 Å². The third-order valence-corrected chi connectivity index (χ3v) is 2.59. The molecule has 0 bridgehead atoms. The fourth-order valence-electron chi connectivity index (χ4n) is 1.43. The predicted octanol–water partition coefficient (Wildman–Crippen LogP) is 3.61. The molecule has 1 atom stereocenters. The fraction of sp³-hybridized carbons (Fsp3) is 0.333. The van der Waals surface area contributed by atoms with Gasteiger partial charge in [0.05, 0.1) is 0 Å². The molecule has 0 aromatic heterocycles. The Bertz CT molecular complexity index is 351. The first-order chi connectivity index (χ1) is 6.52. The van der Waals surface area contributed by atoms with Crippen LogP contribution in [0.1, 0.15) is 31.0 Å². The van der Waals surface area contributed by atoms with Crippen molar-refractivity contribution in [3.63, 3.8) is 0 Å². The smallest absolute Gasteiger partial charge is 0.0486 e. The van der Waals surface area contributed by atoms with Crippen LogP contribution < -0.4 is 5.73 Å². The van der Waals surface area contributed by atoms with Gasteiger partial charge in [0.1, 0.15) is 0 Å². The third kappa shape index (κ3) is 2.60. The van der Waals surface area contributed by atoms with Gasteiger partial charge >= 0.3 is 0 Å². The molecule has 0 heterocycles. The van der Waals surface area contributed by atoms with E-state index in [4.69, 9.17) is 17.3 Å². The zero-order valence-corrected chi connectivity index (χ0v) is 9.60. The SMILES string of the molecule is CC(C)=CC(N)c1cccc(Cl)c1C. The van der Waals surface area contributed by atoms with E-state index in [1.165, 1.54) is 5.57 Å². The van der Waals surface area contributed by atoms with Crippen molar-refractivity contribution in [2.24, 2.45) is 5.73 Å². The van der Waals surface area contributed by atoms with Crippen LogP contribution in [0.3, 0.4) is 0 Å². The van der Waals surface area contributed by atoms with Gasteiger partial charge < -0.3 is 5.73 Å². The van der Waals surface area contributed by atoms with Crippen molar-refractivity contribution in [2.45, 2.75) is 26.8 Å². The number of halogens is 1. The highest BCUT2D eigenvalue weighted by atomic mass is 35.5. The van der Waals surface area contributed by atoms with Gasteiger partial charge in [-0.05, 0) is 38.0 Å². The lowest BCUT2D eigenvalue weighted by Crippen LogP contribution is -2.09. The van der Waals surface area contributed by atoms with Crippen LogP contribution >= 0.6 is 11.6 Å². The topological polar surface area (TPSA) is 26.0 Å². The molecule has 1 unspecified atom stereocenters. The summed E-state index contributed by atoms with van der Waals surface area (Å²) in [6.45, 7) is 6.08. The summed E-state index contributed by atoms with van der Waals surface area (Å²) in [5.74, 6) is 0. The van der Waals surface area contributed by atoms with Crippen molar-refractivity contribution in [3.05, 3.63) is 46.0 Å².